The van der Waals surface area contributed by atoms with Gasteiger partial charge in [0.05, 0.1) is 0 Å². The minimum absolute atomic E-state index is 0.104. The van der Waals surface area contributed by atoms with Gasteiger partial charge in [0.1, 0.15) is 0 Å². The fourth-order valence-electron chi connectivity index (χ4n) is 5.48. The highest BCUT2D eigenvalue weighted by Gasteiger charge is 2.41. The Labute approximate surface area is 191 Å². The van der Waals surface area contributed by atoms with Crippen molar-refractivity contribution < 1.29 is 0 Å². The zero-order valence-electron chi connectivity index (χ0n) is 18.2. The highest BCUT2D eigenvalue weighted by Crippen LogP contribution is 2.54. The second-order valence-electron chi connectivity index (χ2n) is 8.59. The van der Waals surface area contributed by atoms with Crippen molar-refractivity contribution in [2.45, 2.75) is 63.6 Å². The van der Waals surface area contributed by atoms with Gasteiger partial charge in [-0.1, -0.05) is 69.2 Å². The van der Waals surface area contributed by atoms with E-state index in [1.807, 2.05) is 0 Å². The average molecular weight is 437 g/mol. The number of hydrogen-bond acceptors (Lipinski definition) is 0. The third-order valence-corrected chi connectivity index (χ3v) is 7.36. The summed E-state index contributed by atoms with van der Waals surface area (Å²) in [5.41, 5.74) is 11.9. The summed E-state index contributed by atoms with van der Waals surface area (Å²) in [6.45, 7) is 6.73. The molecule has 1 aliphatic rings. The van der Waals surface area contributed by atoms with Crippen molar-refractivity contribution in [3.63, 3.8) is 0 Å². The summed E-state index contributed by atoms with van der Waals surface area (Å²) in [5, 5.41) is 0. The summed E-state index contributed by atoms with van der Waals surface area (Å²) < 4.78 is 0. The van der Waals surface area contributed by atoms with Gasteiger partial charge in [-0.3, -0.25) is 0 Å². The summed E-state index contributed by atoms with van der Waals surface area (Å²) >= 11 is 12.6. The standard InChI is InChI=1S/C28H30Cl2/c1-4-12-28(13-5-2)26-9-7-6-8-23(26)24-11-10-20(16-27(24)28)25-15-21(17-29)19(3)14-22(25)18-30/h6-11,14-16H,4-5,12-13,17-18H2,1-3H3. The largest absolute Gasteiger partial charge is 0.122 e. The zero-order valence-corrected chi connectivity index (χ0v) is 19.7. The third kappa shape index (κ3) is 3.39. The van der Waals surface area contributed by atoms with Gasteiger partial charge in [-0.2, -0.15) is 0 Å². The van der Waals surface area contributed by atoms with Crippen molar-refractivity contribution in [1.82, 2.24) is 0 Å². The van der Waals surface area contributed by atoms with Crippen LogP contribution in [0.4, 0.5) is 0 Å². The van der Waals surface area contributed by atoms with Crippen molar-refractivity contribution >= 4 is 23.2 Å². The molecular weight excluding hydrogens is 407 g/mol. The van der Waals surface area contributed by atoms with Gasteiger partial charge in [-0.15, -0.1) is 23.2 Å². The minimum atomic E-state index is 0.104. The first kappa shape index (κ1) is 21.5. The summed E-state index contributed by atoms with van der Waals surface area (Å²) in [4.78, 5) is 0. The van der Waals surface area contributed by atoms with E-state index in [1.54, 1.807) is 0 Å². The molecule has 3 aromatic carbocycles. The molecule has 156 valence electrons. The maximum Gasteiger partial charge on any atom is 0.0480 e. The SMILES string of the molecule is CCCC1(CCC)c2ccccc2-c2ccc(-c3cc(CCl)c(C)cc3CCl)cc21. The van der Waals surface area contributed by atoms with Gasteiger partial charge < -0.3 is 0 Å². The van der Waals surface area contributed by atoms with Crippen LogP contribution in [0.25, 0.3) is 22.3 Å². The van der Waals surface area contributed by atoms with Gasteiger partial charge >= 0.3 is 0 Å². The van der Waals surface area contributed by atoms with Crippen molar-refractivity contribution in [3.05, 3.63) is 82.4 Å². The van der Waals surface area contributed by atoms with Crippen LogP contribution in [-0.2, 0) is 17.2 Å². The van der Waals surface area contributed by atoms with Crippen LogP contribution in [0.3, 0.4) is 0 Å². The molecule has 2 heteroatoms. The normalized spacial score (nSPS) is 13.9. The molecule has 0 amide bonds. The highest BCUT2D eigenvalue weighted by molar-refractivity contribution is 6.18. The van der Waals surface area contributed by atoms with E-state index in [1.165, 1.54) is 75.8 Å². The molecule has 30 heavy (non-hydrogen) atoms. The van der Waals surface area contributed by atoms with E-state index in [9.17, 15) is 0 Å². The van der Waals surface area contributed by atoms with Crippen LogP contribution in [0.2, 0.25) is 0 Å². The lowest BCUT2D eigenvalue weighted by atomic mass is 9.71. The van der Waals surface area contributed by atoms with Gasteiger partial charge in [0.25, 0.3) is 0 Å². The van der Waals surface area contributed by atoms with E-state index in [4.69, 9.17) is 23.2 Å². The van der Waals surface area contributed by atoms with E-state index in [0.717, 1.165) is 0 Å². The molecule has 0 nitrogen and oxygen atoms in total. The van der Waals surface area contributed by atoms with E-state index in [0.29, 0.717) is 11.8 Å². The van der Waals surface area contributed by atoms with Crippen LogP contribution < -0.4 is 0 Å². The predicted molar refractivity (Wildman–Crippen MR) is 132 cm³/mol. The van der Waals surface area contributed by atoms with Gasteiger partial charge in [-0.05, 0) is 82.0 Å². The summed E-state index contributed by atoms with van der Waals surface area (Å²) in [7, 11) is 0. The first-order chi connectivity index (χ1) is 14.6. The van der Waals surface area contributed by atoms with Crippen molar-refractivity contribution in [1.29, 1.82) is 0 Å². The second kappa shape index (κ2) is 8.77. The Morgan fingerprint density at radius 1 is 0.700 bits per heavy atom. The second-order valence-corrected chi connectivity index (χ2v) is 9.13. The lowest BCUT2D eigenvalue weighted by molar-refractivity contribution is 0.436. The molecule has 0 saturated carbocycles. The van der Waals surface area contributed by atoms with Crippen LogP contribution in [-0.4, -0.2) is 0 Å². The molecule has 0 atom stereocenters. The van der Waals surface area contributed by atoms with Crippen molar-refractivity contribution in [3.8, 4) is 22.3 Å². The molecule has 0 N–H and O–H groups in total. The maximum atomic E-state index is 6.36. The van der Waals surface area contributed by atoms with E-state index < -0.39 is 0 Å². The molecular formula is C28H30Cl2. The van der Waals surface area contributed by atoms with Gasteiger partial charge in [-0.25, -0.2) is 0 Å². The summed E-state index contributed by atoms with van der Waals surface area (Å²) in [6, 6.07) is 20.5. The number of alkyl halides is 2. The molecule has 0 fully saturated rings. The summed E-state index contributed by atoms with van der Waals surface area (Å²) in [6.07, 6.45) is 4.70. The monoisotopic (exact) mass is 436 g/mol. The van der Waals surface area contributed by atoms with Crippen LogP contribution in [0.5, 0.6) is 0 Å². The van der Waals surface area contributed by atoms with Crippen LogP contribution >= 0.6 is 23.2 Å². The summed E-state index contributed by atoms with van der Waals surface area (Å²) in [5.74, 6) is 1.03. The molecule has 4 rings (SSSR count). The minimum Gasteiger partial charge on any atom is -0.122 e. The first-order valence-corrected chi connectivity index (χ1v) is 12.2. The Kier molecular flexibility index (Phi) is 6.28. The average Bonchev–Trinajstić information content (AvgIpc) is 3.03. The number of aryl methyl sites for hydroxylation is 1. The van der Waals surface area contributed by atoms with Gasteiger partial charge in [0, 0.05) is 17.2 Å². The first-order valence-electron chi connectivity index (χ1n) is 11.1. The predicted octanol–water partition coefficient (Wildman–Crippen LogP) is 9.01. The molecule has 0 unspecified atom stereocenters. The lowest BCUT2D eigenvalue weighted by Crippen LogP contribution is -2.25. The van der Waals surface area contributed by atoms with E-state index >= 15 is 0 Å². The Morgan fingerprint density at radius 3 is 2.03 bits per heavy atom. The van der Waals surface area contributed by atoms with E-state index in [2.05, 4.69) is 75.4 Å². The highest BCUT2D eigenvalue weighted by atomic mass is 35.5. The Morgan fingerprint density at radius 2 is 1.37 bits per heavy atom. The van der Waals surface area contributed by atoms with Crippen LogP contribution in [0.1, 0.15) is 67.3 Å². The Balaban J connectivity index is 1.95. The molecule has 0 aromatic heterocycles. The molecule has 0 spiro atoms. The molecule has 0 bridgehead atoms. The number of halogens is 2. The molecule has 0 aliphatic heterocycles. The maximum absolute atomic E-state index is 6.36. The lowest BCUT2D eigenvalue weighted by Gasteiger charge is -2.32. The Hall–Kier alpha value is -1.76. The smallest absolute Gasteiger partial charge is 0.0480 e. The molecule has 0 radical (unpaired) electrons. The quantitative estimate of drug-likeness (QED) is 0.324. The molecule has 3 aromatic rings. The van der Waals surface area contributed by atoms with Crippen LogP contribution in [0.15, 0.2) is 54.6 Å². The fourth-order valence-corrected chi connectivity index (χ4v) is 5.99. The van der Waals surface area contributed by atoms with Crippen molar-refractivity contribution in [2.24, 2.45) is 0 Å². The number of rotatable bonds is 7. The number of hydrogen-bond donors (Lipinski definition) is 0. The van der Waals surface area contributed by atoms with Gasteiger partial charge in [0.15, 0.2) is 0 Å². The molecule has 1 aliphatic carbocycles. The zero-order chi connectivity index (χ0) is 21.3. The van der Waals surface area contributed by atoms with Gasteiger partial charge in [0.2, 0.25) is 0 Å². The molecule has 0 saturated heterocycles. The third-order valence-electron chi connectivity index (χ3n) is 6.78. The number of fused-ring (bicyclic) bond motifs is 3. The fraction of sp³-hybridized carbons (Fsp3) is 0.357. The number of benzene rings is 3. The molecule has 0 heterocycles. The topological polar surface area (TPSA) is 0 Å². The van der Waals surface area contributed by atoms with Crippen LogP contribution in [0, 0.1) is 6.92 Å². The Bertz CT molecular complexity index is 1060. The van der Waals surface area contributed by atoms with E-state index in [-0.39, 0.29) is 5.41 Å². The van der Waals surface area contributed by atoms with Crippen molar-refractivity contribution in [2.75, 3.05) is 0 Å².